The Morgan fingerprint density at radius 2 is 1.49 bits per heavy atom. The van der Waals surface area contributed by atoms with Gasteiger partial charge in [-0.3, -0.25) is 13.9 Å². The normalized spacial score (nSPS) is 12.5. The molecule has 3 aromatic carbocycles. The molecule has 0 saturated heterocycles. The van der Waals surface area contributed by atoms with Gasteiger partial charge in [-0.15, -0.1) is 0 Å². The van der Waals surface area contributed by atoms with E-state index in [1.165, 1.54) is 17.0 Å². The standard InChI is InChI=1S/C30H34Cl3N3O4S/c1-20-11-9-10-14-22(20)18-35(27(29(38)34-30(2,3)4)15-21-12-7-6-8-13-21)28(37)19-36(41(5,39)40)26-17-24(32)23(31)16-25(26)33/h6-14,16-17,27H,15,18-19H2,1-5H3,(H,34,38)/t27-/m0/s1. The van der Waals surface area contributed by atoms with Crippen molar-refractivity contribution in [1.82, 2.24) is 10.2 Å². The summed E-state index contributed by atoms with van der Waals surface area (Å²) < 4.78 is 26.8. The second kappa shape index (κ2) is 13.5. The van der Waals surface area contributed by atoms with Gasteiger partial charge in [-0.05, 0) is 56.5 Å². The van der Waals surface area contributed by atoms with E-state index in [0.29, 0.717) is 0 Å². The second-order valence-corrected chi connectivity index (χ2v) is 14.0. The summed E-state index contributed by atoms with van der Waals surface area (Å²) in [6.07, 6.45) is 1.19. The minimum atomic E-state index is -4.01. The molecule has 0 aliphatic heterocycles. The quantitative estimate of drug-likeness (QED) is 0.265. The van der Waals surface area contributed by atoms with E-state index in [1.807, 2.05) is 82.3 Å². The van der Waals surface area contributed by atoms with Crippen LogP contribution in [0.2, 0.25) is 15.1 Å². The summed E-state index contributed by atoms with van der Waals surface area (Å²) in [5.74, 6) is -0.951. The van der Waals surface area contributed by atoms with E-state index in [9.17, 15) is 18.0 Å². The fourth-order valence-corrected chi connectivity index (χ4v) is 5.82. The van der Waals surface area contributed by atoms with Crippen LogP contribution in [0.5, 0.6) is 0 Å². The molecule has 220 valence electrons. The molecule has 0 saturated carbocycles. The lowest BCUT2D eigenvalue weighted by Gasteiger charge is -2.35. The van der Waals surface area contributed by atoms with Crippen molar-refractivity contribution >= 4 is 62.3 Å². The largest absolute Gasteiger partial charge is 0.350 e. The summed E-state index contributed by atoms with van der Waals surface area (Å²) >= 11 is 18.6. The van der Waals surface area contributed by atoms with Crippen LogP contribution in [0.1, 0.15) is 37.5 Å². The second-order valence-electron chi connectivity index (χ2n) is 10.9. The third-order valence-electron chi connectivity index (χ3n) is 6.31. The molecule has 0 unspecified atom stereocenters. The lowest BCUT2D eigenvalue weighted by Crippen LogP contribution is -2.56. The number of hydrogen-bond donors (Lipinski definition) is 1. The number of rotatable bonds is 10. The molecule has 0 fully saturated rings. The van der Waals surface area contributed by atoms with Gasteiger partial charge < -0.3 is 10.2 Å². The van der Waals surface area contributed by atoms with Crippen LogP contribution in [0.15, 0.2) is 66.7 Å². The van der Waals surface area contributed by atoms with Crippen molar-refractivity contribution in [3.63, 3.8) is 0 Å². The molecule has 3 rings (SSSR count). The molecule has 0 aromatic heterocycles. The Bertz CT molecular complexity index is 1510. The zero-order valence-electron chi connectivity index (χ0n) is 23.6. The molecule has 0 bridgehead atoms. The zero-order valence-corrected chi connectivity index (χ0v) is 26.7. The van der Waals surface area contributed by atoms with Gasteiger partial charge in [0.05, 0.1) is 27.0 Å². The molecule has 0 radical (unpaired) electrons. The average Bonchev–Trinajstić information content (AvgIpc) is 2.87. The molecule has 2 amide bonds. The van der Waals surface area contributed by atoms with Crippen LogP contribution in [0.3, 0.4) is 0 Å². The monoisotopic (exact) mass is 637 g/mol. The first-order chi connectivity index (χ1) is 19.1. The Labute approximate surface area is 257 Å². The molecule has 7 nitrogen and oxygen atoms in total. The van der Waals surface area contributed by atoms with Crippen molar-refractivity contribution in [2.24, 2.45) is 0 Å². The summed E-state index contributed by atoms with van der Waals surface area (Å²) in [6, 6.07) is 18.6. The number of aryl methyl sites for hydroxylation is 1. The maximum atomic E-state index is 14.2. The van der Waals surface area contributed by atoms with E-state index < -0.39 is 34.1 Å². The van der Waals surface area contributed by atoms with Gasteiger partial charge >= 0.3 is 0 Å². The number of halogens is 3. The van der Waals surface area contributed by atoms with Crippen LogP contribution >= 0.6 is 34.8 Å². The van der Waals surface area contributed by atoms with Gasteiger partial charge in [0.25, 0.3) is 0 Å². The van der Waals surface area contributed by atoms with Gasteiger partial charge in [0, 0.05) is 18.5 Å². The van der Waals surface area contributed by atoms with Crippen molar-refractivity contribution in [3.05, 3.63) is 98.5 Å². The van der Waals surface area contributed by atoms with Crippen LogP contribution in [0, 0.1) is 6.92 Å². The first-order valence-electron chi connectivity index (χ1n) is 12.9. The van der Waals surface area contributed by atoms with Crippen molar-refractivity contribution < 1.29 is 18.0 Å². The Kier molecular flexibility index (Phi) is 10.7. The number of amides is 2. The summed E-state index contributed by atoms with van der Waals surface area (Å²) in [7, 11) is -4.01. The Morgan fingerprint density at radius 3 is 2.07 bits per heavy atom. The first-order valence-corrected chi connectivity index (χ1v) is 15.9. The number of nitrogens with one attached hydrogen (secondary N) is 1. The van der Waals surface area contributed by atoms with Crippen LogP contribution in [-0.2, 0) is 32.6 Å². The number of hydrogen-bond acceptors (Lipinski definition) is 4. The molecule has 0 aliphatic rings. The van der Waals surface area contributed by atoms with E-state index >= 15 is 0 Å². The Morgan fingerprint density at radius 1 is 0.902 bits per heavy atom. The number of sulfonamides is 1. The van der Waals surface area contributed by atoms with Crippen molar-refractivity contribution in [3.8, 4) is 0 Å². The molecule has 0 aliphatic carbocycles. The first kappa shape index (κ1) is 32.7. The molecule has 1 N–H and O–H groups in total. The number of carbonyl (C=O) groups excluding carboxylic acids is 2. The van der Waals surface area contributed by atoms with Crippen molar-refractivity contribution in [2.45, 2.75) is 52.2 Å². The Balaban J connectivity index is 2.13. The van der Waals surface area contributed by atoms with Gasteiger partial charge in [0.1, 0.15) is 12.6 Å². The number of nitrogens with zero attached hydrogens (tertiary/aromatic N) is 2. The van der Waals surface area contributed by atoms with Crippen LogP contribution in [0.25, 0.3) is 0 Å². The topological polar surface area (TPSA) is 86.8 Å². The van der Waals surface area contributed by atoms with Crippen LogP contribution in [0.4, 0.5) is 5.69 Å². The van der Waals surface area contributed by atoms with Gasteiger partial charge in [-0.1, -0.05) is 89.4 Å². The van der Waals surface area contributed by atoms with E-state index in [1.54, 1.807) is 0 Å². The molecule has 3 aromatic rings. The molecular formula is C30H34Cl3N3O4S. The smallest absolute Gasteiger partial charge is 0.244 e. The highest BCUT2D eigenvalue weighted by atomic mass is 35.5. The lowest BCUT2D eigenvalue weighted by molar-refractivity contribution is -0.140. The fourth-order valence-electron chi connectivity index (χ4n) is 4.28. The maximum Gasteiger partial charge on any atom is 0.244 e. The number of carbonyl (C=O) groups is 2. The number of anilines is 1. The molecule has 0 heterocycles. The highest BCUT2D eigenvalue weighted by Gasteiger charge is 2.35. The zero-order chi connectivity index (χ0) is 30.5. The minimum absolute atomic E-state index is 0.00603. The molecule has 41 heavy (non-hydrogen) atoms. The minimum Gasteiger partial charge on any atom is -0.350 e. The predicted octanol–water partition coefficient (Wildman–Crippen LogP) is 6.28. The summed E-state index contributed by atoms with van der Waals surface area (Å²) in [5, 5.41) is 3.22. The molecule has 11 heteroatoms. The van der Waals surface area contributed by atoms with E-state index in [0.717, 1.165) is 27.3 Å². The molecule has 0 spiro atoms. The van der Waals surface area contributed by atoms with Gasteiger partial charge in [0.15, 0.2) is 0 Å². The predicted molar refractivity (Wildman–Crippen MR) is 167 cm³/mol. The van der Waals surface area contributed by atoms with Crippen LogP contribution < -0.4 is 9.62 Å². The highest BCUT2D eigenvalue weighted by Crippen LogP contribution is 2.35. The highest BCUT2D eigenvalue weighted by molar-refractivity contribution is 7.92. The third-order valence-corrected chi connectivity index (χ3v) is 8.46. The summed E-state index contributed by atoms with van der Waals surface area (Å²) in [6.45, 7) is 6.95. The van der Waals surface area contributed by atoms with E-state index in [-0.39, 0.29) is 39.6 Å². The maximum absolute atomic E-state index is 14.2. The lowest BCUT2D eigenvalue weighted by atomic mass is 10.00. The van der Waals surface area contributed by atoms with Gasteiger partial charge in [0.2, 0.25) is 21.8 Å². The van der Waals surface area contributed by atoms with E-state index in [4.69, 9.17) is 34.8 Å². The number of benzene rings is 3. The summed E-state index contributed by atoms with van der Waals surface area (Å²) in [5.41, 5.74) is 2.02. The van der Waals surface area contributed by atoms with Crippen LogP contribution in [-0.4, -0.2) is 49.5 Å². The Hall–Kier alpha value is -2.78. The third kappa shape index (κ3) is 9.10. The van der Waals surface area contributed by atoms with Gasteiger partial charge in [-0.25, -0.2) is 8.42 Å². The van der Waals surface area contributed by atoms with E-state index in [2.05, 4.69) is 5.32 Å². The summed E-state index contributed by atoms with van der Waals surface area (Å²) in [4.78, 5) is 29.4. The van der Waals surface area contributed by atoms with Gasteiger partial charge in [-0.2, -0.15) is 0 Å². The SMILES string of the molecule is Cc1ccccc1CN(C(=O)CN(c1cc(Cl)c(Cl)cc1Cl)S(C)(=O)=O)[C@@H](Cc1ccccc1)C(=O)NC(C)(C)C. The molecular weight excluding hydrogens is 605 g/mol. The van der Waals surface area contributed by atoms with Crippen molar-refractivity contribution in [2.75, 3.05) is 17.1 Å². The fraction of sp³-hybridized carbons (Fsp3) is 0.333. The van der Waals surface area contributed by atoms with Crippen molar-refractivity contribution in [1.29, 1.82) is 0 Å². The molecule has 1 atom stereocenters. The average molecular weight is 639 g/mol.